The van der Waals surface area contributed by atoms with E-state index in [0.717, 1.165) is 0 Å². The van der Waals surface area contributed by atoms with E-state index in [1.165, 1.54) is 11.1 Å². The average Bonchev–Trinajstić information content (AvgIpc) is 2.91. The molecule has 0 unspecified atom stereocenters. The van der Waals surface area contributed by atoms with Crippen LogP contribution in [0.15, 0.2) is 77.8 Å². The molecule has 2 aromatic rings. The summed E-state index contributed by atoms with van der Waals surface area (Å²) in [6, 6.07) is 20.8. The number of benzene rings is 2. The fourth-order valence-electron chi connectivity index (χ4n) is 2.28. The van der Waals surface area contributed by atoms with Crippen molar-refractivity contribution in [2.24, 2.45) is 4.99 Å². The van der Waals surface area contributed by atoms with Crippen LogP contribution >= 0.6 is 0 Å². The van der Waals surface area contributed by atoms with Gasteiger partial charge in [-0.15, -0.1) is 0 Å². The van der Waals surface area contributed by atoms with E-state index in [4.69, 9.17) is 0 Å². The molecule has 1 aliphatic rings. The summed E-state index contributed by atoms with van der Waals surface area (Å²) in [7, 11) is 0. The molecular formula is C16H14LiN. The molecule has 0 N–H and O–H groups in total. The van der Waals surface area contributed by atoms with Gasteiger partial charge < -0.3 is 0 Å². The van der Waals surface area contributed by atoms with E-state index in [-0.39, 0.29) is 24.4 Å². The van der Waals surface area contributed by atoms with Gasteiger partial charge in [0.25, 0.3) is 0 Å². The fraction of sp³-hybridized carbons (Fsp3) is 0.0625. The van der Waals surface area contributed by atoms with Crippen molar-refractivity contribution in [3.63, 3.8) is 0 Å². The Balaban J connectivity index is 0.00000120. The molecule has 1 heterocycles. The molecule has 0 amide bonds. The van der Waals surface area contributed by atoms with Gasteiger partial charge in [-0.25, -0.2) is 0 Å². The van der Waals surface area contributed by atoms with Crippen molar-refractivity contribution in [2.45, 2.75) is 5.54 Å². The summed E-state index contributed by atoms with van der Waals surface area (Å²) in [5, 5.41) is 0. The minimum absolute atomic E-state index is 0. The first-order valence-electron chi connectivity index (χ1n) is 5.76. The quantitative estimate of drug-likeness (QED) is 0.699. The molecule has 84 valence electrons. The molecule has 3 rings (SSSR count). The molecule has 0 radical (unpaired) electrons. The molecule has 0 aliphatic carbocycles. The third-order valence-corrected chi connectivity index (χ3v) is 3.13. The molecule has 0 saturated carbocycles. The summed E-state index contributed by atoms with van der Waals surface area (Å²) >= 11 is 0. The molecule has 0 saturated heterocycles. The van der Waals surface area contributed by atoms with Gasteiger partial charge in [0, 0.05) is 6.21 Å². The second kappa shape index (κ2) is 5.39. The van der Waals surface area contributed by atoms with Crippen LogP contribution < -0.4 is 0 Å². The zero-order valence-corrected chi connectivity index (χ0v) is 9.45. The summed E-state index contributed by atoms with van der Waals surface area (Å²) in [6.07, 6.45) is 6.04. The first kappa shape index (κ1) is 12.9. The van der Waals surface area contributed by atoms with Gasteiger partial charge >= 0.3 is 18.9 Å². The molecule has 1 aliphatic heterocycles. The topological polar surface area (TPSA) is 12.4 Å². The van der Waals surface area contributed by atoms with E-state index in [1.54, 1.807) is 0 Å². The van der Waals surface area contributed by atoms with Gasteiger partial charge in [0.05, 0.1) is 0 Å². The second-order valence-electron chi connectivity index (χ2n) is 4.14. The average molecular weight is 227 g/mol. The maximum atomic E-state index is 4.67. The summed E-state index contributed by atoms with van der Waals surface area (Å²) in [5.74, 6) is 0. The van der Waals surface area contributed by atoms with Crippen LogP contribution in [-0.4, -0.2) is 25.1 Å². The third kappa shape index (κ3) is 2.08. The summed E-state index contributed by atoms with van der Waals surface area (Å²) in [4.78, 5) is 4.67. The van der Waals surface area contributed by atoms with Gasteiger partial charge in [0.2, 0.25) is 0 Å². The van der Waals surface area contributed by atoms with Crippen molar-refractivity contribution >= 4 is 25.1 Å². The van der Waals surface area contributed by atoms with Crippen LogP contribution in [0.5, 0.6) is 0 Å². The molecule has 0 spiro atoms. The zero-order chi connectivity index (χ0) is 11.6. The summed E-state index contributed by atoms with van der Waals surface area (Å²) in [6.45, 7) is 0. The number of allylic oxidation sites excluding steroid dienone is 1. The van der Waals surface area contributed by atoms with Crippen LogP contribution in [0.25, 0.3) is 0 Å². The van der Waals surface area contributed by atoms with Gasteiger partial charge in [-0.1, -0.05) is 60.7 Å². The molecule has 0 aromatic heterocycles. The Labute approximate surface area is 119 Å². The van der Waals surface area contributed by atoms with E-state index < -0.39 is 0 Å². The zero-order valence-electron chi connectivity index (χ0n) is 9.45. The van der Waals surface area contributed by atoms with E-state index in [2.05, 4.69) is 59.6 Å². The molecule has 0 bridgehead atoms. The summed E-state index contributed by atoms with van der Waals surface area (Å²) < 4.78 is 0. The van der Waals surface area contributed by atoms with Crippen LogP contribution in [-0.2, 0) is 5.54 Å². The van der Waals surface area contributed by atoms with Crippen molar-refractivity contribution in [1.29, 1.82) is 0 Å². The number of aliphatic imine (C=N–C) groups is 1. The van der Waals surface area contributed by atoms with E-state index in [1.807, 2.05) is 24.4 Å². The molecule has 0 fully saturated rings. The Bertz CT molecular complexity index is 505. The van der Waals surface area contributed by atoms with Crippen molar-refractivity contribution in [3.05, 3.63) is 83.9 Å². The monoisotopic (exact) mass is 227 g/mol. The number of hydrogen-bond donors (Lipinski definition) is 0. The Hall–Kier alpha value is -1.55. The predicted octanol–water partition coefficient (Wildman–Crippen LogP) is 2.92. The molecule has 1 nitrogen and oxygen atoms in total. The Morgan fingerprint density at radius 2 is 1.22 bits per heavy atom. The van der Waals surface area contributed by atoms with Crippen LogP contribution in [0.2, 0.25) is 0 Å². The number of hydrogen-bond acceptors (Lipinski definition) is 1. The first-order valence-corrected chi connectivity index (χ1v) is 5.76. The standard InChI is InChI=1S/C16H13N.Li.H/c1-3-8-14(9-4-1)16(12-7-13-17-16)15-10-5-2-6-11-15;;/h1-13H;;. The van der Waals surface area contributed by atoms with Crippen LogP contribution in [0.4, 0.5) is 0 Å². The Kier molecular flexibility index (Phi) is 3.86. The van der Waals surface area contributed by atoms with E-state index in [0.29, 0.717) is 0 Å². The Morgan fingerprint density at radius 3 is 1.61 bits per heavy atom. The Morgan fingerprint density at radius 1 is 0.722 bits per heavy atom. The van der Waals surface area contributed by atoms with Crippen molar-refractivity contribution in [1.82, 2.24) is 0 Å². The number of rotatable bonds is 2. The SMILES string of the molecule is C1=CC(c2ccccc2)(c2ccccc2)N=C1.[LiH]. The van der Waals surface area contributed by atoms with Gasteiger partial charge in [-0.2, -0.15) is 0 Å². The maximum absolute atomic E-state index is 4.67. The normalized spacial score (nSPS) is 15.3. The minimum atomic E-state index is -0.331. The van der Waals surface area contributed by atoms with Crippen molar-refractivity contribution < 1.29 is 0 Å². The van der Waals surface area contributed by atoms with Gasteiger partial charge in [0.1, 0.15) is 5.54 Å². The summed E-state index contributed by atoms with van der Waals surface area (Å²) in [5.41, 5.74) is 2.08. The van der Waals surface area contributed by atoms with Gasteiger partial charge in [-0.3, -0.25) is 4.99 Å². The van der Waals surface area contributed by atoms with Gasteiger partial charge in [-0.05, 0) is 23.3 Å². The second-order valence-corrected chi connectivity index (χ2v) is 4.14. The van der Waals surface area contributed by atoms with E-state index in [9.17, 15) is 0 Å². The molecule has 18 heavy (non-hydrogen) atoms. The molecule has 2 heteroatoms. The number of nitrogens with zero attached hydrogens (tertiary/aromatic N) is 1. The molecule has 2 aromatic carbocycles. The van der Waals surface area contributed by atoms with Crippen LogP contribution in [0.1, 0.15) is 11.1 Å². The van der Waals surface area contributed by atoms with Crippen LogP contribution in [0, 0.1) is 0 Å². The first-order chi connectivity index (χ1) is 8.42. The third-order valence-electron chi connectivity index (χ3n) is 3.13. The molecule has 0 atom stereocenters. The van der Waals surface area contributed by atoms with E-state index >= 15 is 0 Å². The van der Waals surface area contributed by atoms with Crippen LogP contribution in [0.3, 0.4) is 0 Å². The van der Waals surface area contributed by atoms with Gasteiger partial charge in [0.15, 0.2) is 0 Å². The molecular weight excluding hydrogens is 213 g/mol. The predicted molar refractivity (Wildman–Crippen MR) is 78.4 cm³/mol. The van der Waals surface area contributed by atoms with Crippen molar-refractivity contribution in [3.8, 4) is 0 Å². The fourth-order valence-corrected chi connectivity index (χ4v) is 2.28. The van der Waals surface area contributed by atoms with Crippen molar-refractivity contribution in [2.75, 3.05) is 0 Å².